The van der Waals surface area contributed by atoms with Crippen LogP contribution in [0.4, 0.5) is 8.78 Å². The largest absolute Gasteiger partial charge is 0.302 e. The average Bonchev–Trinajstić information content (AvgIpc) is 2.00. The SMILES string of the molecule is Cc1c(F)ccc(S(=O)O)c1F. The molecule has 12 heavy (non-hydrogen) atoms. The third-order valence-corrected chi connectivity index (χ3v) is 2.16. The molecule has 1 aromatic carbocycles. The molecule has 0 spiro atoms. The van der Waals surface area contributed by atoms with Crippen LogP contribution in [-0.2, 0) is 11.1 Å². The highest BCUT2D eigenvalue weighted by atomic mass is 32.2. The van der Waals surface area contributed by atoms with Crippen molar-refractivity contribution in [1.82, 2.24) is 0 Å². The standard InChI is InChI=1S/C7H6F2O2S/c1-4-5(8)2-3-6(7(4)9)12(10)11/h2-3H,1H3,(H,10,11). The Morgan fingerprint density at radius 3 is 2.50 bits per heavy atom. The lowest BCUT2D eigenvalue weighted by atomic mass is 10.2. The van der Waals surface area contributed by atoms with Crippen molar-refractivity contribution in [2.24, 2.45) is 0 Å². The molecule has 66 valence electrons. The third-order valence-electron chi connectivity index (χ3n) is 1.47. The third kappa shape index (κ3) is 1.51. The van der Waals surface area contributed by atoms with E-state index in [0.29, 0.717) is 0 Å². The maximum absolute atomic E-state index is 12.9. The van der Waals surface area contributed by atoms with Crippen molar-refractivity contribution in [3.05, 3.63) is 29.3 Å². The summed E-state index contributed by atoms with van der Waals surface area (Å²) < 4.78 is 44.5. The maximum atomic E-state index is 12.9. The van der Waals surface area contributed by atoms with Gasteiger partial charge in [0.2, 0.25) is 0 Å². The first-order valence-electron chi connectivity index (χ1n) is 3.09. The van der Waals surface area contributed by atoms with Crippen molar-refractivity contribution >= 4 is 11.1 Å². The number of hydrogen-bond acceptors (Lipinski definition) is 1. The lowest BCUT2D eigenvalue weighted by Crippen LogP contribution is -1.98. The van der Waals surface area contributed by atoms with Gasteiger partial charge in [-0.3, -0.25) is 0 Å². The van der Waals surface area contributed by atoms with E-state index in [1.807, 2.05) is 0 Å². The summed E-state index contributed by atoms with van der Waals surface area (Å²) in [7, 11) is 0. The maximum Gasteiger partial charge on any atom is 0.189 e. The van der Waals surface area contributed by atoms with Crippen molar-refractivity contribution in [3.8, 4) is 0 Å². The minimum atomic E-state index is -2.40. The first-order valence-corrected chi connectivity index (χ1v) is 4.20. The Hall–Kier alpha value is -0.810. The second-order valence-corrected chi connectivity index (χ2v) is 3.17. The van der Waals surface area contributed by atoms with E-state index in [-0.39, 0.29) is 5.56 Å². The quantitative estimate of drug-likeness (QED) is 0.689. The van der Waals surface area contributed by atoms with E-state index in [1.54, 1.807) is 0 Å². The van der Waals surface area contributed by atoms with E-state index in [1.165, 1.54) is 6.92 Å². The summed E-state index contributed by atoms with van der Waals surface area (Å²) in [6.07, 6.45) is 0. The molecule has 0 heterocycles. The van der Waals surface area contributed by atoms with Gasteiger partial charge in [-0.1, -0.05) is 0 Å². The second-order valence-electron chi connectivity index (χ2n) is 2.23. The summed E-state index contributed by atoms with van der Waals surface area (Å²) in [5, 5.41) is 0. The predicted molar refractivity (Wildman–Crippen MR) is 40.1 cm³/mol. The van der Waals surface area contributed by atoms with Crippen molar-refractivity contribution in [3.63, 3.8) is 0 Å². The summed E-state index contributed by atoms with van der Waals surface area (Å²) in [6, 6.07) is 1.91. The molecule has 1 aromatic rings. The molecule has 0 saturated heterocycles. The van der Waals surface area contributed by atoms with Gasteiger partial charge < -0.3 is 4.55 Å². The molecule has 5 heteroatoms. The molecule has 0 aromatic heterocycles. The Bertz CT molecular complexity index is 338. The van der Waals surface area contributed by atoms with Gasteiger partial charge in [0.15, 0.2) is 11.1 Å². The molecule has 0 bridgehead atoms. The van der Waals surface area contributed by atoms with E-state index in [2.05, 4.69) is 0 Å². The molecule has 1 rings (SSSR count). The van der Waals surface area contributed by atoms with Gasteiger partial charge in [0.1, 0.15) is 16.5 Å². The fourth-order valence-corrected chi connectivity index (χ4v) is 1.26. The van der Waals surface area contributed by atoms with Gasteiger partial charge in [-0.05, 0) is 19.1 Å². The zero-order chi connectivity index (χ0) is 9.30. The molecule has 0 aliphatic carbocycles. The van der Waals surface area contributed by atoms with Gasteiger partial charge in [0.25, 0.3) is 0 Å². The fourth-order valence-electron chi connectivity index (χ4n) is 0.772. The Labute approximate surface area is 70.5 Å². The van der Waals surface area contributed by atoms with Gasteiger partial charge in [-0.2, -0.15) is 0 Å². The van der Waals surface area contributed by atoms with Crippen molar-refractivity contribution in [2.75, 3.05) is 0 Å². The van der Waals surface area contributed by atoms with Crippen molar-refractivity contribution in [2.45, 2.75) is 11.8 Å². The van der Waals surface area contributed by atoms with Crippen LogP contribution >= 0.6 is 0 Å². The predicted octanol–water partition coefficient (Wildman–Crippen LogP) is 1.85. The van der Waals surface area contributed by atoms with E-state index >= 15 is 0 Å². The van der Waals surface area contributed by atoms with E-state index < -0.39 is 27.6 Å². The number of halogens is 2. The molecule has 0 amide bonds. The molecule has 2 nitrogen and oxygen atoms in total. The molecular formula is C7H6F2O2S. The molecule has 1 unspecified atom stereocenters. The minimum absolute atomic E-state index is 0.241. The molecule has 0 aliphatic heterocycles. The molecule has 1 N–H and O–H groups in total. The summed E-state index contributed by atoms with van der Waals surface area (Å²) >= 11 is -2.40. The Morgan fingerprint density at radius 2 is 2.00 bits per heavy atom. The average molecular weight is 192 g/mol. The Kier molecular flexibility index (Phi) is 2.54. The summed E-state index contributed by atoms with van der Waals surface area (Å²) in [5.41, 5.74) is -0.241. The highest BCUT2D eigenvalue weighted by Gasteiger charge is 2.12. The minimum Gasteiger partial charge on any atom is -0.302 e. The number of rotatable bonds is 1. The first-order chi connectivity index (χ1) is 5.54. The molecule has 0 radical (unpaired) electrons. The normalized spacial score (nSPS) is 13.0. The molecule has 0 saturated carbocycles. The number of benzene rings is 1. The highest BCUT2D eigenvalue weighted by molar-refractivity contribution is 7.79. The lowest BCUT2D eigenvalue weighted by Gasteiger charge is -2.01. The topological polar surface area (TPSA) is 37.3 Å². The summed E-state index contributed by atoms with van der Waals surface area (Å²) in [4.78, 5) is -0.395. The van der Waals surface area contributed by atoms with E-state index in [9.17, 15) is 13.0 Å². The van der Waals surface area contributed by atoms with E-state index in [4.69, 9.17) is 4.55 Å². The number of hydrogen-bond donors (Lipinski definition) is 1. The Balaban J connectivity index is 3.36. The van der Waals surface area contributed by atoms with Crippen LogP contribution in [0.1, 0.15) is 5.56 Å². The van der Waals surface area contributed by atoms with Gasteiger partial charge in [0, 0.05) is 5.56 Å². The monoisotopic (exact) mass is 192 g/mol. The van der Waals surface area contributed by atoms with Crippen LogP contribution in [0.25, 0.3) is 0 Å². The zero-order valence-corrected chi connectivity index (χ0v) is 6.99. The smallest absolute Gasteiger partial charge is 0.189 e. The van der Waals surface area contributed by atoms with Crippen LogP contribution in [-0.4, -0.2) is 8.76 Å². The van der Waals surface area contributed by atoms with Gasteiger partial charge in [-0.15, -0.1) is 0 Å². The molecule has 0 fully saturated rings. The molecular weight excluding hydrogens is 186 g/mol. The summed E-state index contributed by atoms with van der Waals surface area (Å²) in [5.74, 6) is -1.68. The van der Waals surface area contributed by atoms with Crippen LogP contribution in [0.5, 0.6) is 0 Å². The van der Waals surface area contributed by atoms with Crippen molar-refractivity contribution in [1.29, 1.82) is 0 Å². The van der Waals surface area contributed by atoms with Gasteiger partial charge in [0.05, 0.1) is 0 Å². The van der Waals surface area contributed by atoms with Crippen LogP contribution in [0.15, 0.2) is 17.0 Å². The van der Waals surface area contributed by atoms with Crippen LogP contribution in [0, 0.1) is 18.6 Å². The highest BCUT2D eigenvalue weighted by Crippen LogP contribution is 2.17. The van der Waals surface area contributed by atoms with Crippen LogP contribution < -0.4 is 0 Å². The molecule has 0 aliphatic rings. The van der Waals surface area contributed by atoms with Gasteiger partial charge >= 0.3 is 0 Å². The van der Waals surface area contributed by atoms with Crippen molar-refractivity contribution < 1.29 is 17.5 Å². The van der Waals surface area contributed by atoms with E-state index in [0.717, 1.165) is 12.1 Å². The van der Waals surface area contributed by atoms with Crippen LogP contribution in [0.3, 0.4) is 0 Å². The summed E-state index contributed by atoms with van der Waals surface area (Å²) in [6.45, 7) is 1.21. The molecule has 1 atom stereocenters. The van der Waals surface area contributed by atoms with Gasteiger partial charge in [-0.25, -0.2) is 13.0 Å². The lowest BCUT2D eigenvalue weighted by molar-refractivity contribution is 0.526. The first kappa shape index (κ1) is 9.28. The fraction of sp³-hybridized carbons (Fsp3) is 0.143. The second kappa shape index (κ2) is 3.28. The zero-order valence-electron chi connectivity index (χ0n) is 6.17. The Morgan fingerprint density at radius 1 is 1.42 bits per heavy atom. The van der Waals surface area contributed by atoms with Crippen LogP contribution in [0.2, 0.25) is 0 Å².